The third-order valence-electron chi connectivity index (χ3n) is 4.23. The van der Waals surface area contributed by atoms with Crippen molar-refractivity contribution in [1.82, 2.24) is 19.9 Å². The first kappa shape index (κ1) is 14.8. The molecule has 22 heavy (non-hydrogen) atoms. The zero-order valence-corrected chi connectivity index (χ0v) is 12.8. The summed E-state index contributed by atoms with van der Waals surface area (Å²) >= 11 is 0. The van der Waals surface area contributed by atoms with Gasteiger partial charge in [0.05, 0.1) is 6.04 Å². The average Bonchev–Trinajstić information content (AvgIpc) is 3.24. The third-order valence-corrected chi connectivity index (χ3v) is 4.23. The second kappa shape index (κ2) is 6.79. The van der Waals surface area contributed by atoms with Gasteiger partial charge in [0.2, 0.25) is 0 Å². The lowest BCUT2D eigenvalue weighted by Crippen LogP contribution is -2.37. The number of ether oxygens (including phenoxy) is 1. The summed E-state index contributed by atoms with van der Waals surface area (Å²) in [6.07, 6.45) is 7.39. The molecule has 2 N–H and O–H groups in total. The fourth-order valence-electron chi connectivity index (χ4n) is 3.00. The molecule has 2 aromatic heterocycles. The van der Waals surface area contributed by atoms with Crippen LogP contribution in [0, 0.1) is 5.92 Å². The van der Waals surface area contributed by atoms with E-state index in [1.807, 2.05) is 12.3 Å². The van der Waals surface area contributed by atoms with E-state index in [0.717, 1.165) is 38.4 Å². The van der Waals surface area contributed by atoms with Gasteiger partial charge in [-0.2, -0.15) is 0 Å². The Morgan fingerprint density at radius 1 is 1.55 bits per heavy atom. The molecule has 0 saturated carbocycles. The molecule has 6 heteroatoms. The van der Waals surface area contributed by atoms with Crippen molar-refractivity contribution in [3.05, 3.63) is 42.2 Å². The van der Waals surface area contributed by atoms with Crippen LogP contribution in [0.3, 0.4) is 0 Å². The normalized spacial score (nSPS) is 17.3. The number of imidazole rings is 1. The average molecular weight is 302 g/mol. The molecule has 6 nitrogen and oxygen atoms in total. The number of nitrogens with zero attached hydrogens (tertiary/aromatic N) is 2. The Labute approximate surface area is 129 Å². The largest absolute Gasteiger partial charge is 0.381 e. The molecule has 0 spiro atoms. The van der Waals surface area contributed by atoms with E-state index in [1.54, 1.807) is 18.5 Å². The molecule has 0 radical (unpaired) electrons. The molecule has 0 aromatic carbocycles. The summed E-state index contributed by atoms with van der Waals surface area (Å²) in [5.41, 5.74) is 0.576. The lowest BCUT2D eigenvalue weighted by atomic mass is 9.91. The minimum absolute atomic E-state index is 0.0883. The third kappa shape index (κ3) is 3.06. The number of carbonyl (C=O) groups excluding carboxylic acids is 1. The molecular formula is C16H22N4O2. The van der Waals surface area contributed by atoms with Crippen LogP contribution in [0.25, 0.3) is 0 Å². The zero-order valence-electron chi connectivity index (χ0n) is 12.8. The lowest BCUT2D eigenvalue weighted by molar-refractivity contribution is 0.0497. The van der Waals surface area contributed by atoms with E-state index in [4.69, 9.17) is 4.74 Å². The molecule has 1 fully saturated rings. The van der Waals surface area contributed by atoms with Gasteiger partial charge in [-0.05, 0) is 37.8 Å². The number of hydrogen-bond donors (Lipinski definition) is 2. The van der Waals surface area contributed by atoms with E-state index in [2.05, 4.69) is 26.8 Å². The van der Waals surface area contributed by atoms with Crippen LogP contribution in [0.2, 0.25) is 0 Å². The van der Waals surface area contributed by atoms with Gasteiger partial charge in [0.1, 0.15) is 11.5 Å². The van der Waals surface area contributed by atoms with Crippen LogP contribution in [0.1, 0.15) is 42.1 Å². The first-order valence-corrected chi connectivity index (χ1v) is 7.82. The van der Waals surface area contributed by atoms with Crippen molar-refractivity contribution in [1.29, 1.82) is 0 Å². The first-order chi connectivity index (χ1) is 10.8. The predicted octanol–water partition coefficient (Wildman–Crippen LogP) is 2.13. The van der Waals surface area contributed by atoms with Gasteiger partial charge >= 0.3 is 0 Å². The highest BCUT2D eigenvalue weighted by Crippen LogP contribution is 2.29. The van der Waals surface area contributed by atoms with Crippen molar-refractivity contribution in [2.24, 2.45) is 5.92 Å². The standard InChI is InChI=1S/C16H22N4O2/c1-2-20-9-8-18-15(20)14(12-5-10-22-11-6-12)19-16(21)13-4-3-7-17-13/h3-4,7-9,12,14,17H,2,5-6,10-11H2,1H3,(H,19,21)/t14-/m1/s1. The summed E-state index contributed by atoms with van der Waals surface area (Å²) in [7, 11) is 0. The second-order valence-corrected chi connectivity index (χ2v) is 5.56. The van der Waals surface area contributed by atoms with Gasteiger partial charge in [-0.1, -0.05) is 0 Å². The SMILES string of the molecule is CCn1ccnc1[C@H](NC(=O)c1ccc[nH]1)C1CCOCC1. The highest BCUT2D eigenvalue weighted by molar-refractivity contribution is 5.92. The summed E-state index contributed by atoms with van der Waals surface area (Å²) in [5.74, 6) is 1.18. The van der Waals surface area contributed by atoms with E-state index in [1.165, 1.54) is 0 Å². The zero-order chi connectivity index (χ0) is 15.4. The number of aromatic nitrogens is 3. The summed E-state index contributed by atoms with van der Waals surface area (Å²) < 4.78 is 7.55. The van der Waals surface area contributed by atoms with E-state index in [0.29, 0.717) is 11.6 Å². The molecule has 1 amide bonds. The van der Waals surface area contributed by atoms with Gasteiger partial charge in [0, 0.05) is 38.3 Å². The Balaban J connectivity index is 1.84. The van der Waals surface area contributed by atoms with Crippen LogP contribution >= 0.6 is 0 Å². The highest BCUT2D eigenvalue weighted by Gasteiger charge is 2.30. The van der Waals surface area contributed by atoms with Crippen molar-refractivity contribution in [3.63, 3.8) is 0 Å². The van der Waals surface area contributed by atoms with Crippen molar-refractivity contribution in [2.45, 2.75) is 32.4 Å². The molecule has 1 aliphatic heterocycles. The molecule has 1 atom stereocenters. The molecule has 0 aliphatic carbocycles. The van der Waals surface area contributed by atoms with Gasteiger partial charge < -0.3 is 19.6 Å². The number of aromatic amines is 1. The first-order valence-electron chi connectivity index (χ1n) is 7.82. The topological polar surface area (TPSA) is 71.9 Å². The number of aryl methyl sites for hydroxylation is 1. The van der Waals surface area contributed by atoms with Gasteiger partial charge in [-0.15, -0.1) is 0 Å². The number of carbonyl (C=O) groups is 1. The monoisotopic (exact) mass is 302 g/mol. The van der Waals surface area contributed by atoms with Crippen LogP contribution in [0.5, 0.6) is 0 Å². The summed E-state index contributed by atoms with van der Waals surface area (Å²) in [4.78, 5) is 19.9. The number of amides is 1. The maximum absolute atomic E-state index is 12.4. The molecule has 118 valence electrons. The molecule has 0 bridgehead atoms. The van der Waals surface area contributed by atoms with E-state index in [9.17, 15) is 4.79 Å². The van der Waals surface area contributed by atoms with Crippen molar-refractivity contribution in [2.75, 3.05) is 13.2 Å². The Bertz CT molecular complexity index is 599. The fourth-order valence-corrected chi connectivity index (χ4v) is 3.00. The number of hydrogen-bond acceptors (Lipinski definition) is 3. The summed E-state index contributed by atoms with van der Waals surface area (Å²) in [5, 5.41) is 3.16. The fraction of sp³-hybridized carbons (Fsp3) is 0.500. The van der Waals surface area contributed by atoms with Gasteiger partial charge in [-0.25, -0.2) is 4.98 Å². The van der Waals surface area contributed by atoms with Crippen LogP contribution in [-0.4, -0.2) is 33.7 Å². The predicted molar refractivity (Wildman–Crippen MR) is 82.4 cm³/mol. The Kier molecular flexibility index (Phi) is 4.58. The maximum Gasteiger partial charge on any atom is 0.268 e. The molecule has 1 aliphatic rings. The molecule has 3 heterocycles. The molecule has 3 rings (SSSR count). The van der Waals surface area contributed by atoms with Crippen LogP contribution < -0.4 is 5.32 Å². The number of H-pyrrole nitrogens is 1. The Hall–Kier alpha value is -2.08. The highest BCUT2D eigenvalue weighted by atomic mass is 16.5. The van der Waals surface area contributed by atoms with Gasteiger partial charge in [-0.3, -0.25) is 4.79 Å². The van der Waals surface area contributed by atoms with Crippen molar-refractivity contribution in [3.8, 4) is 0 Å². The van der Waals surface area contributed by atoms with E-state index in [-0.39, 0.29) is 11.9 Å². The molecule has 0 unspecified atom stereocenters. The van der Waals surface area contributed by atoms with E-state index < -0.39 is 0 Å². The smallest absolute Gasteiger partial charge is 0.268 e. The molecule has 2 aromatic rings. The van der Waals surface area contributed by atoms with Crippen LogP contribution in [0.15, 0.2) is 30.7 Å². The second-order valence-electron chi connectivity index (χ2n) is 5.56. The Morgan fingerprint density at radius 3 is 3.05 bits per heavy atom. The quantitative estimate of drug-likeness (QED) is 0.888. The minimum Gasteiger partial charge on any atom is -0.381 e. The number of rotatable bonds is 5. The van der Waals surface area contributed by atoms with Gasteiger partial charge in [0.15, 0.2) is 0 Å². The van der Waals surface area contributed by atoms with E-state index >= 15 is 0 Å². The van der Waals surface area contributed by atoms with Gasteiger partial charge in [0.25, 0.3) is 5.91 Å². The molecule has 1 saturated heterocycles. The number of nitrogens with one attached hydrogen (secondary N) is 2. The van der Waals surface area contributed by atoms with Crippen LogP contribution in [-0.2, 0) is 11.3 Å². The maximum atomic E-state index is 12.4. The van der Waals surface area contributed by atoms with Crippen LogP contribution in [0.4, 0.5) is 0 Å². The Morgan fingerprint density at radius 2 is 2.36 bits per heavy atom. The van der Waals surface area contributed by atoms with Crippen molar-refractivity contribution < 1.29 is 9.53 Å². The summed E-state index contributed by atoms with van der Waals surface area (Å²) in [6.45, 7) is 4.41. The minimum atomic E-state index is -0.0906. The van der Waals surface area contributed by atoms with Crippen molar-refractivity contribution >= 4 is 5.91 Å². The lowest BCUT2D eigenvalue weighted by Gasteiger charge is -2.30. The molecular weight excluding hydrogens is 280 g/mol. The summed E-state index contributed by atoms with van der Waals surface area (Å²) in [6, 6.07) is 3.52.